The van der Waals surface area contributed by atoms with E-state index in [1.165, 1.54) is 30.2 Å². The summed E-state index contributed by atoms with van der Waals surface area (Å²) >= 11 is 1.32. The molecule has 0 aliphatic heterocycles. The summed E-state index contributed by atoms with van der Waals surface area (Å²) in [5.74, 6) is 0.840. The first-order valence-corrected chi connectivity index (χ1v) is 9.70. The van der Waals surface area contributed by atoms with Gasteiger partial charge in [-0.25, -0.2) is 18.4 Å². The molecule has 0 radical (unpaired) electrons. The van der Waals surface area contributed by atoms with Gasteiger partial charge in [0.25, 0.3) is 5.69 Å². The summed E-state index contributed by atoms with van der Waals surface area (Å²) in [6, 6.07) is 7.86. The number of thioether (sulfide) groups is 1. The van der Waals surface area contributed by atoms with E-state index in [1.807, 2.05) is 0 Å². The van der Waals surface area contributed by atoms with E-state index < -0.39 is 14.8 Å². The quantitative estimate of drug-likeness (QED) is 0.340. The van der Waals surface area contributed by atoms with Crippen molar-refractivity contribution in [2.75, 3.05) is 17.8 Å². The molecule has 1 heterocycles. The second-order valence-electron chi connectivity index (χ2n) is 4.96. The Morgan fingerprint density at radius 1 is 1.26 bits per heavy atom. The van der Waals surface area contributed by atoms with Crippen LogP contribution < -0.4 is 0 Å². The Hall–Kier alpha value is -2.00. The summed E-state index contributed by atoms with van der Waals surface area (Å²) in [5, 5.41) is 11.5. The maximum atomic E-state index is 11.2. The zero-order valence-electron chi connectivity index (χ0n) is 12.6. The fraction of sp³-hybridized carbons (Fsp3) is 0.286. The number of non-ortho nitro benzene ring substituents is 1. The first-order valence-electron chi connectivity index (χ1n) is 6.65. The lowest BCUT2D eigenvalue weighted by Gasteiger charge is -2.06. The maximum absolute atomic E-state index is 11.2. The molecule has 1 aromatic carbocycles. The number of benzene rings is 1. The predicted octanol–water partition coefficient (Wildman–Crippen LogP) is 2.50. The van der Waals surface area contributed by atoms with Gasteiger partial charge in [0.2, 0.25) is 0 Å². The molecule has 1 aromatic heterocycles. The lowest BCUT2D eigenvalue weighted by Crippen LogP contribution is -2.05. The second-order valence-corrected chi connectivity index (χ2v) is 8.33. The van der Waals surface area contributed by atoms with E-state index in [1.54, 1.807) is 25.1 Å². The molecule has 0 bridgehead atoms. The van der Waals surface area contributed by atoms with Crippen molar-refractivity contribution in [3.8, 4) is 11.4 Å². The maximum Gasteiger partial charge on any atom is 0.270 e. The van der Waals surface area contributed by atoms with E-state index in [9.17, 15) is 18.5 Å². The summed E-state index contributed by atoms with van der Waals surface area (Å²) in [6.07, 6.45) is 1.19. The summed E-state index contributed by atoms with van der Waals surface area (Å²) in [5.41, 5.74) is 1.23. The van der Waals surface area contributed by atoms with E-state index in [0.29, 0.717) is 27.9 Å². The van der Waals surface area contributed by atoms with Gasteiger partial charge in [0.1, 0.15) is 14.9 Å². The minimum absolute atomic E-state index is 0.0288. The van der Waals surface area contributed by atoms with Crippen LogP contribution in [-0.4, -0.2) is 41.1 Å². The summed E-state index contributed by atoms with van der Waals surface area (Å²) in [6.45, 7) is 1.79. The SMILES string of the molecule is Cc1cc(SCCS(C)(=O)=O)nc(-c2cccc([N+](=O)[O-])c2)n1. The van der Waals surface area contributed by atoms with Crippen molar-refractivity contribution in [1.82, 2.24) is 9.97 Å². The van der Waals surface area contributed by atoms with Gasteiger partial charge < -0.3 is 0 Å². The minimum Gasteiger partial charge on any atom is -0.258 e. The number of nitrogens with zero attached hydrogens (tertiary/aromatic N) is 3. The molecule has 0 atom stereocenters. The van der Waals surface area contributed by atoms with Gasteiger partial charge in [-0.3, -0.25) is 10.1 Å². The van der Waals surface area contributed by atoms with Crippen molar-refractivity contribution < 1.29 is 13.3 Å². The molecule has 0 aliphatic carbocycles. The van der Waals surface area contributed by atoms with Crippen molar-refractivity contribution in [3.63, 3.8) is 0 Å². The molecule has 23 heavy (non-hydrogen) atoms. The number of rotatable bonds is 6. The zero-order valence-corrected chi connectivity index (χ0v) is 14.2. The Balaban J connectivity index is 2.26. The van der Waals surface area contributed by atoms with Crippen molar-refractivity contribution in [2.24, 2.45) is 0 Å². The van der Waals surface area contributed by atoms with Crippen LogP contribution in [0.15, 0.2) is 35.4 Å². The van der Waals surface area contributed by atoms with Crippen LogP contribution >= 0.6 is 11.8 Å². The molecule has 0 saturated carbocycles. The van der Waals surface area contributed by atoms with E-state index in [0.717, 1.165) is 0 Å². The van der Waals surface area contributed by atoms with Crippen LogP contribution in [0, 0.1) is 17.0 Å². The first-order chi connectivity index (χ1) is 10.7. The summed E-state index contributed by atoms with van der Waals surface area (Å²) < 4.78 is 22.3. The largest absolute Gasteiger partial charge is 0.270 e. The molecule has 9 heteroatoms. The number of hydrogen-bond acceptors (Lipinski definition) is 7. The number of aromatic nitrogens is 2. The van der Waals surface area contributed by atoms with Crippen molar-refractivity contribution in [2.45, 2.75) is 11.9 Å². The molecule has 2 rings (SSSR count). The van der Waals surface area contributed by atoms with Crippen molar-refractivity contribution in [3.05, 3.63) is 46.1 Å². The Kier molecular flexibility index (Phi) is 5.32. The average molecular weight is 353 g/mol. The molecule has 0 amide bonds. The third kappa shape index (κ3) is 5.29. The standard InChI is InChI=1S/C14H15N3O4S2/c1-10-8-13(22-6-7-23(2,20)21)16-14(15-10)11-4-3-5-12(9-11)17(18)19/h3-5,8-9H,6-7H2,1-2H3. The molecule has 0 unspecified atom stereocenters. The normalized spacial score (nSPS) is 11.4. The molecular weight excluding hydrogens is 338 g/mol. The summed E-state index contributed by atoms with van der Waals surface area (Å²) in [4.78, 5) is 19.0. The highest BCUT2D eigenvalue weighted by molar-refractivity contribution is 8.00. The molecule has 0 saturated heterocycles. The average Bonchev–Trinajstić information content (AvgIpc) is 2.45. The van der Waals surface area contributed by atoms with Gasteiger partial charge in [0.05, 0.1) is 10.7 Å². The predicted molar refractivity (Wildman–Crippen MR) is 89.3 cm³/mol. The van der Waals surface area contributed by atoms with Gasteiger partial charge in [-0.1, -0.05) is 12.1 Å². The fourth-order valence-electron chi connectivity index (χ4n) is 1.80. The van der Waals surface area contributed by atoms with Crippen molar-refractivity contribution >= 4 is 27.3 Å². The van der Waals surface area contributed by atoms with Gasteiger partial charge in [-0.15, -0.1) is 11.8 Å². The Morgan fingerprint density at radius 2 is 2.00 bits per heavy atom. The third-order valence-electron chi connectivity index (χ3n) is 2.85. The number of sulfone groups is 1. The molecule has 0 spiro atoms. The molecule has 0 aliphatic rings. The van der Waals surface area contributed by atoms with Crippen LogP contribution in [0.3, 0.4) is 0 Å². The van der Waals surface area contributed by atoms with Crippen LogP contribution in [0.1, 0.15) is 5.69 Å². The summed E-state index contributed by atoms with van der Waals surface area (Å²) in [7, 11) is -3.02. The smallest absolute Gasteiger partial charge is 0.258 e. The van der Waals surface area contributed by atoms with Crippen LogP contribution in [0.2, 0.25) is 0 Å². The number of nitro groups is 1. The lowest BCUT2D eigenvalue weighted by molar-refractivity contribution is -0.384. The van der Waals surface area contributed by atoms with Gasteiger partial charge in [-0.05, 0) is 13.0 Å². The zero-order chi connectivity index (χ0) is 17.0. The monoisotopic (exact) mass is 353 g/mol. The van der Waals surface area contributed by atoms with Crippen LogP contribution in [-0.2, 0) is 9.84 Å². The number of hydrogen-bond donors (Lipinski definition) is 0. The van der Waals surface area contributed by atoms with E-state index in [2.05, 4.69) is 9.97 Å². The fourth-order valence-corrected chi connectivity index (χ4v) is 3.96. The number of nitro benzene ring substituents is 1. The lowest BCUT2D eigenvalue weighted by atomic mass is 10.2. The highest BCUT2D eigenvalue weighted by atomic mass is 32.2. The Labute approximate surface area is 138 Å². The highest BCUT2D eigenvalue weighted by Crippen LogP contribution is 2.24. The Bertz CT molecular complexity index is 838. The van der Waals surface area contributed by atoms with Gasteiger partial charge in [0, 0.05) is 35.4 Å². The highest BCUT2D eigenvalue weighted by Gasteiger charge is 2.11. The van der Waals surface area contributed by atoms with E-state index in [4.69, 9.17) is 0 Å². The van der Waals surface area contributed by atoms with E-state index in [-0.39, 0.29) is 11.4 Å². The van der Waals surface area contributed by atoms with E-state index >= 15 is 0 Å². The van der Waals surface area contributed by atoms with Crippen LogP contribution in [0.5, 0.6) is 0 Å². The molecular formula is C14H15N3O4S2. The molecule has 2 aromatic rings. The Morgan fingerprint density at radius 3 is 2.65 bits per heavy atom. The molecule has 0 fully saturated rings. The van der Waals surface area contributed by atoms with Crippen molar-refractivity contribution in [1.29, 1.82) is 0 Å². The second kappa shape index (κ2) is 7.05. The van der Waals surface area contributed by atoms with Gasteiger partial charge in [-0.2, -0.15) is 0 Å². The topological polar surface area (TPSA) is 103 Å². The first kappa shape index (κ1) is 17.4. The number of aryl methyl sites for hydroxylation is 1. The third-order valence-corrected chi connectivity index (χ3v) is 4.97. The molecule has 7 nitrogen and oxygen atoms in total. The van der Waals surface area contributed by atoms with Gasteiger partial charge in [0.15, 0.2) is 5.82 Å². The molecule has 122 valence electrons. The van der Waals surface area contributed by atoms with Crippen LogP contribution in [0.4, 0.5) is 5.69 Å². The molecule has 0 N–H and O–H groups in total. The van der Waals surface area contributed by atoms with Crippen LogP contribution in [0.25, 0.3) is 11.4 Å². The van der Waals surface area contributed by atoms with Gasteiger partial charge >= 0.3 is 0 Å². The minimum atomic E-state index is -3.02.